The van der Waals surface area contributed by atoms with Crippen molar-refractivity contribution in [3.05, 3.63) is 152 Å². The van der Waals surface area contributed by atoms with Gasteiger partial charge in [0.25, 0.3) is 30.1 Å². The molecule has 6 aromatic rings. The molecule has 0 spiro atoms. The van der Waals surface area contributed by atoms with Gasteiger partial charge >= 0.3 is 0 Å². The van der Waals surface area contributed by atoms with E-state index in [1.54, 1.807) is 78.9 Å². The number of benzene rings is 6. The third-order valence-electron chi connectivity index (χ3n) is 11.2. The average molecular weight is 1070 g/mol. The van der Waals surface area contributed by atoms with E-state index in [2.05, 4.69) is 39.3 Å². The molecule has 376 valence electrons. The van der Waals surface area contributed by atoms with E-state index in [9.17, 15) is 33.7 Å². The van der Waals surface area contributed by atoms with Crippen LogP contribution in [0.25, 0.3) is 11.1 Å². The zero-order valence-electron chi connectivity index (χ0n) is 38.3. The molecule has 6 aromatic carbocycles. The molecular weight excluding hydrogens is 1020 g/mol. The summed E-state index contributed by atoms with van der Waals surface area (Å²) in [6.45, 7) is 8.16. The summed E-state index contributed by atoms with van der Waals surface area (Å²) in [7, 11) is -15.4. The van der Waals surface area contributed by atoms with Gasteiger partial charge in [-0.05, 0) is 117 Å². The summed E-state index contributed by atoms with van der Waals surface area (Å²) < 4.78 is 113. The molecule has 6 N–H and O–H groups in total. The molecule has 2 aliphatic rings. The van der Waals surface area contributed by atoms with Crippen molar-refractivity contribution in [2.45, 2.75) is 34.5 Å². The molecule has 0 amide bonds. The van der Waals surface area contributed by atoms with Crippen molar-refractivity contribution in [1.82, 2.24) is 10.6 Å². The van der Waals surface area contributed by atoms with E-state index in [1.807, 2.05) is 36.4 Å². The maximum Gasteiger partial charge on any atom is 0.261 e. The number of sulfonamides is 4. The van der Waals surface area contributed by atoms with Crippen LogP contribution in [0.1, 0.15) is 19.8 Å². The first kappa shape index (κ1) is 55.3. The van der Waals surface area contributed by atoms with Gasteiger partial charge in [-0.15, -0.1) is 24.8 Å². The fourth-order valence-electron chi connectivity index (χ4n) is 7.52. The van der Waals surface area contributed by atoms with Crippen LogP contribution in [0.2, 0.25) is 0 Å². The summed E-state index contributed by atoms with van der Waals surface area (Å²) in [6, 6.07) is 42.4. The predicted molar refractivity (Wildman–Crippen MR) is 287 cm³/mol. The molecule has 2 saturated heterocycles. The number of hydrogen-bond acceptors (Lipinski definition) is 12. The molecule has 0 bridgehead atoms. The first-order valence-corrected chi connectivity index (χ1v) is 28.3. The van der Waals surface area contributed by atoms with E-state index >= 15 is 0 Å². The number of halogens is 2. The Labute approximate surface area is 424 Å². The van der Waals surface area contributed by atoms with Crippen LogP contribution in [0.15, 0.2) is 166 Å². The fourth-order valence-corrected chi connectivity index (χ4v) is 11.4. The minimum absolute atomic E-state index is 0. The SMILES string of the molecule is CCS(=O)(=O)Nc1ccc(N2CCCNCC2)cc1NS(=O)(=O)c1ccccc1.Cl.Cl.O=S(=O)(Nc1ccc(N2CCCNCC2)cc1NS(=O)(=O)c1ccccc1)c1ccc(-c2ccccc2)cc1. The van der Waals surface area contributed by atoms with Crippen molar-refractivity contribution in [2.75, 3.05) is 86.8 Å². The van der Waals surface area contributed by atoms with Crippen LogP contribution in [0.3, 0.4) is 0 Å². The first-order valence-electron chi connectivity index (χ1n) is 22.2. The molecule has 70 heavy (non-hydrogen) atoms. The Morgan fingerprint density at radius 2 is 0.786 bits per heavy atom. The highest BCUT2D eigenvalue weighted by molar-refractivity contribution is 7.93. The molecule has 2 aliphatic heterocycles. The lowest BCUT2D eigenvalue weighted by Crippen LogP contribution is -2.28. The molecule has 22 heteroatoms. The van der Waals surface area contributed by atoms with E-state index in [1.165, 1.54) is 43.3 Å². The van der Waals surface area contributed by atoms with E-state index in [0.29, 0.717) is 0 Å². The summed E-state index contributed by atoms with van der Waals surface area (Å²) >= 11 is 0. The van der Waals surface area contributed by atoms with Gasteiger partial charge in [0.05, 0.1) is 43.2 Å². The Morgan fingerprint density at radius 3 is 1.21 bits per heavy atom. The smallest absolute Gasteiger partial charge is 0.261 e. The molecule has 16 nitrogen and oxygen atoms in total. The third kappa shape index (κ3) is 15.0. The van der Waals surface area contributed by atoms with Crippen LogP contribution in [-0.4, -0.2) is 91.8 Å². The third-order valence-corrected chi connectivity index (χ3v) is 16.6. The number of hydrogen-bond donors (Lipinski definition) is 6. The van der Waals surface area contributed by atoms with Crippen molar-refractivity contribution in [3.63, 3.8) is 0 Å². The zero-order chi connectivity index (χ0) is 48.2. The van der Waals surface area contributed by atoms with Gasteiger partial charge in [0.1, 0.15) is 0 Å². The lowest BCUT2D eigenvalue weighted by molar-refractivity contribution is 0.599. The van der Waals surface area contributed by atoms with Gasteiger partial charge in [-0.2, -0.15) is 0 Å². The van der Waals surface area contributed by atoms with Gasteiger partial charge in [-0.3, -0.25) is 18.9 Å². The van der Waals surface area contributed by atoms with E-state index < -0.39 is 40.1 Å². The molecule has 0 radical (unpaired) electrons. The van der Waals surface area contributed by atoms with Crippen molar-refractivity contribution < 1.29 is 33.7 Å². The lowest BCUT2D eigenvalue weighted by Gasteiger charge is -2.24. The fraction of sp³-hybridized carbons (Fsp3) is 0.250. The zero-order valence-corrected chi connectivity index (χ0v) is 43.2. The number of nitrogens with zero attached hydrogens (tertiary/aromatic N) is 2. The second-order valence-corrected chi connectivity index (χ2v) is 23.0. The highest BCUT2D eigenvalue weighted by atomic mass is 35.5. The monoisotopic (exact) mass is 1070 g/mol. The van der Waals surface area contributed by atoms with Crippen molar-refractivity contribution in [3.8, 4) is 11.1 Å². The minimum Gasteiger partial charge on any atom is -0.370 e. The number of nitrogens with one attached hydrogen (secondary N) is 6. The molecule has 8 rings (SSSR count). The predicted octanol–water partition coefficient (Wildman–Crippen LogP) is 7.65. The van der Waals surface area contributed by atoms with Crippen LogP contribution in [0.5, 0.6) is 0 Å². The summed E-state index contributed by atoms with van der Waals surface area (Å²) in [6.07, 6.45) is 1.91. The number of rotatable bonds is 15. The minimum atomic E-state index is -4.01. The Bertz CT molecular complexity index is 3080. The quantitative estimate of drug-likeness (QED) is 0.0585. The standard InChI is InChI=1S/C29H30N4O4S2.C19H26N4O4S2.2ClH/c34-38(35,26-10-5-2-6-11-26)32-29-22-25(33-20-7-18-30-19-21-33)14-17-28(29)31-39(36,37)27-15-12-24(13-16-27)23-8-3-1-4-9-23;1-2-28(24,25)21-18-10-9-16(23-13-6-11-20-12-14-23)15-19(18)22-29(26,27)17-7-4-3-5-8-17;;/h1-6,8-17,22,30-32H,7,18-21H2;3-5,7-10,15,20-22H,2,6,11-14H2,1H3;2*1H. The largest absolute Gasteiger partial charge is 0.370 e. The summed E-state index contributed by atoms with van der Waals surface area (Å²) in [5, 5.41) is 6.68. The van der Waals surface area contributed by atoms with Gasteiger partial charge in [0.15, 0.2) is 0 Å². The van der Waals surface area contributed by atoms with Gasteiger partial charge in [-0.1, -0.05) is 78.9 Å². The molecule has 2 heterocycles. The summed E-state index contributed by atoms with van der Waals surface area (Å²) in [4.78, 5) is 4.56. The van der Waals surface area contributed by atoms with Gasteiger partial charge in [-0.25, -0.2) is 33.7 Å². The molecular formula is C48H58Cl2N8O8S4. The lowest BCUT2D eigenvalue weighted by atomic mass is 10.1. The molecule has 0 aliphatic carbocycles. The molecule has 0 aromatic heterocycles. The second-order valence-electron chi connectivity index (χ2n) is 16.0. The second kappa shape index (κ2) is 25.0. The summed E-state index contributed by atoms with van der Waals surface area (Å²) in [5.74, 6) is -0.114. The highest BCUT2D eigenvalue weighted by Gasteiger charge is 2.23. The average Bonchev–Trinajstić information content (AvgIpc) is 3.80. The van der Waals surface area contributed by atoms with Crippen LogP contribution in [-0.2, 0) is 40.1 Å². The van der Waals surface area contributed by atoms with Crippen LogP contribution < -0.4 is 39.3 Å². The molecule has 0 unspecified atom stereocenters. The normalized spacial score (nSPS) is 14.5. The van der Waals surface area contributed by atoms with Gasteiger partial charge < -0.3 is 20.4 Å². The van der Waals surface area contributed by atoms with Gasteiger partial charge in [0, 0.05) is 50.6 Å². The molecule has 0 atom stereocenters. The van der Waals surface area contributed by atoms with Gasteiger partial charge in [0.2, 0.25) is 10.0 Å². The highest BCUT2D eigenvalue weighted by Crippen LogP contribution is 2.34. The molecule has 2 fully saturated rings. The summed E-state index contributed by atoms with van der Waals surface area (Å²) in [5.41, 5.74) is 4.19. The van der Waals surface area contributed by atoms with Crippen LogP contribution in [0, 0.1) is 0 Å². The Kier molecular flexibility index (Phi) is 19.8. The Hall–Kier alpha value is -5.58. The van der Waals surface area contributed by atoms with Crippen molar-refractivity contribution in [2.24, 2.45) is 0 Å². The number of anilines is 6. The molecule has 0 saturated carbocycles. The van der Waals surface area contributed by atoms with Crippen LogP contribution >= 0.6 is 24.8 Å². The van der Waals surface area contributed by atoms with Crippen molar-refractivity contribution in [1.29, 1.82) is 0 Å². The maximum absolute atomic E-state index is 13.4. The topological polar surface area (TPSA) is 215 Å². The van der Waals surface area contributed by atoms with Crippen LogP contribution in [0.4, 0.5) is 34.1 Å². The van der Waals surface area contributed by atoms with E-state index in [4.69, 9.17) is 0 Å². The Balaban J connectivity index is 0.000000264. The maximum atomic E-state index is 13.4. The van der Waals surface area contributed by atoms with E-state index in [0.717, 1.165) is 87.7 Å². The van der Waals surface area contributed by atoms with Crippen molar-refractivity contribution >= 4 is 99.0 Å². The first-order chi connectivity index (χ1) is 32.6. The van der Waals surface area contributed by atoms with E-state index in [-0.39, 0.29) is 68.0 Å². The Morgan fingerprint density at radius 1 is 0.414 bits per heavy atom.